The first-order valence-electron chi connectivity index (χ1n) is 13.8. The van der Waals surface area contributed by atoms with E-state index in [0.717, 1.165) is 72.9 Å². The van der Waals surface area contributed by atoms with E-state index in [0.29, 0.717) is 23.8 Å². The number of nitrogens with zero attached hydrogens (tertiary/aromatic N) is 4. The number of carbonyl (C=O) groups is 1. The summed E-state index contributed by atoms with van der Waals surface area (Å²) in [6.45, 7) is 13.4. The average molecular weight is 545 g/mol. The molecule has 2 aromatic heterocycles. The first-order chi connectivity index (χ1) is 18.9. The summed E-state index contributed by atoms with van der Waals surface area (Å²) in [5.41, 5.74) is 7.32. The van der Waals surface area contributed by atoms with E-state index < -0.39 is 0 Å². The Hall–Kier alpha value is -3.39. The van der Waals surface area contributed by atoms with Crippen LogP contribution in [0.3, 0.4) is 0 Å². The van der Waals surface area contributed by atoms with Gasteiger partial charge in [0.25, 0.3) is 0 Å². The van der Waals surface area contributed by atoms with Crippen molar-refractivity contribution in [2.45, 2.75) is 40.3 Å². The van der Waals surface area contributed by atoms with Crippen LogP contribution < -0.4 is 10.6 Å². The summed E-state index contributed by atoms with van der Waals surface area (Å²) in [4.78, 5) is 22.7. The molecule has 2 aromatic carbocycles. The Balaban J connectivity index is 1.32. The van der Waals surface area contributed by atoms with Crippen LogP contribution in [0.2, 0.25) is 5.02 Å². The number of fused-ring (bicyclic) bond motifs is 1. The molecule has 0 atom stereocenters. The highest BCUT2D eigenvalue weighted by Crippen LogP contribution is 2.28. The number of carbonyl (C=O) groups excluding carboxylic acids is 1. The van der Waals surface area contributed by atoms with E-state index in [-0.39, 0.29) is 6.03 Å². The van der Waals surface area contributed by atoms with Crippen molar-refractivity contribution < 1.29 is 4.79 Å². The van der Waals surface area contributed by atoms with E-state index >= 15 is 0 Å². The van der Waals surface area contributed by atoms with Gasteiger partial charge < -0.3 is 10.2 Å². The lowest BCUT2D eigenvalue weighted by Crippen LogP contribution is -2.45. The second-order valence-corrected chi connectivity index (χ2v) is 10.6. The number of urea groups is 1. The molecule has 2 amide bonds. The van der Waals surface area contributed by atoms with Gasteiger partial charge in [-0.1, -0.05) is 61.8 Å². The highest BCUT2D eigenvalue weighted by molar-refractivity contribution is 6.30. The second kappa shape index (κ2) is 12.2. The Morgan fingerprint density at radius 3 is 2.26 bits per heavy atom. The molecule has 0 radical (unpaired) electrons. The fraction of sp³-hybridized carbons (Fsp3) is 0.355. The standard InChI is InChI=1S/C31H37ClN6O/c1-4-28-30(35-31(39)33-19-23-8-12-27(32)13-9-23)38-21-26(18-22(3)29(38)34-28)25-10-6-24(7-11-25)20-37-16-14-36(5-2)15-17-37/h6-13,18,21H,4-5,14-17,19-20H2,1-3H3,(H2,33,35,39). The van der Waals surface area contributed by atoms with Gasteiger partial charge in [0.2, 0.25) is 0 Å². The molecule has 0 spiro atoms. The molecule has 1 saturated heterocycles. The quantitative estimate of drug-likeness (QED) is 0.286. The highest BCUT2D eigenvalue weighted by Gasteiger charge is 2.18. The molecule has 3 heterocycles. The van der Waals surface area contributed by atoms with Crippen molar-refractivity contribution in [2.24, 2.45) is 0 Å². The summed E-state index contributed by atoms with van der Waals surface area (Å²) < 4.78 is 2.01. The average Bonchev–Trinajstić information content (AvgIpc) is 3.31. The topological polar surface area (TPSA) is 64.9 Å². The number of rotatable bonds is 8. The molecule has 0 unspecified atom stereocenters. The number of anilines is 1. The molecule has 4 aromatic rings. The number of aryl methyl sites for hydroxylation is 2. The van der Waals surface area contributed by atoms with Gasteiger partial charge in [-0.15, -0.1) is 0 Å². The van der Waals surface area contributed by atoms with E-state index in [1.165, 1.54) is 5.56 Å². The van der Waals surface area contributed by atoms with Gasteiger partial charge in [-0.3, -0.25) is 14.6 Å². The zero-order chi connectivity index (χ0) is 27.4. The molecular weight excluding hydrogens is 508 g/mol. The zero-order valence-corrected chi connectivity index (χ0v) is 23.8. The van der Waals surface area contributed by atoms with E-state index in [9.17, 15) is 4.79 Å². The lowest BCUT2D eigenvalue weighted by atomic mass is 10.0. The monoisotopic (exact) mass is 544 g/mol. The summed E-state index contributed by atoms with van der Waals surface area (Å²) in [7, 11) is 0. The van der Waals surface area contributed by atoms with Crippen LogP contribution in [-0.2, 0) is 19.5 Å². The SMILES string of the molecule is CCc1nc2c(C)cc(-c3ccc(CN4CCN(CC)CC4)cc3)cn2c1NC(=O)NCc1ccc(Cl)cc1. The van der Waals surface area contributed by atoms with Gasteiger partial charge >= 0.3 is 6.03 Å². The van der Waals surface area contributed by atoms with Crippen LogP contribution in [0.5, 0.6) is 0 Å². The molecule has 0 aliphatic carbocycles. The van der Waals surface area contributed by atoms with Crippen molar-refractivity contribution in [3.63, 3.8) is 0 Å². The largest absolute Gasteiger partial charge is 0.334 e. The van der Waals surface area contributed by atoms with Gasteiger partial charge in [-0.25, -0.2) is 9.78 Å². The Kier molecular flexibility index (Phi) is 8.50. The lowest BCUT2D eigenvalue weighted by molar-refractivity contribution is 0.132. The minimum atomic E-state index is -0.270. The Morgan fingerprint density at radius 1 is 0.923 bits per heavy atom. The van der Waals surface area contributed by atoms with E-state index in [1.54, 1.807) is 0 Å². The van der Waals surface area contributed by atoms with E-state index in [4.69, 9.17) is 16.6 Å². The molecule has 1 fully saturated rings. The molecule has 5 rings (SSSR count). The van der Waals surface area contributed by atoms with Crippen LogP contribution in [-0.4, -0.2) is 57.9 Å². The molecular formula is C31H37ClN6O. The van der Waals surface area contributed by atoms with Crippen LogP contribution in [0.1, 0.15) is 36.2 Å². The third kappa shape index (κ3) is 6.44. The highest BCUT2D eigenvalue weighted by atomic mass is 35.5. The number of hydrogen-bond acceptors (Lipinski definition) is 4. The first-order valence-corrected chi connectivity index (χ1v) is 14.2. The number of likely N-dealkylation sites (N-methyl/N-ethyl adjacent to an activating group) is 1. The number of hydrogen-bond donors (Lipinski definition) is 2. The molecule has 0 bridgehead atoms. The van der Waals surface area contributed by atoms with Gasteiger partial charge in [0.15, 0.2) is 0 Å². The first kappa shape index (κ1) is 27.2. The number of benzene rings is 2. The van der Waals surface area contributed by atoms with Crippen molar-refractivity contribution in [1.82, 2.24) is 24.5 Å². The maximum atomic E-state index is 12.8. The Morgan fingerprint density at radius 2 is 1.59 bits per heavy atom. The molecule has 1 aliphatic heterocycles. The minimum Gasteiger partial charge on any atom is -0.334 e. The second-order valence-electron chi connectivity index (χ2n) is 10.2. The molecule has 0 saturated carbocycles. The van der Waals surface area contributed by atoms with Crippen molar-refractivity contribution >= 4 is 29.1 Å². The molecule has 7 nitrogen and oxygen atoms in total. The van der Waals surface area contributed by atoms with Gasteiger partial charge in [0.1, 0.15) is 11.5 Å². The summed E-state index contributed by atoms with van der Waals surface area (Å²) >= 11 is 5.97. The number of pyridine rings is 1. The fourth-order valence-corrected chi connectivity index (χ4v) is 5.28. The van der Waals surface area contributed by atoms with Crippen LogP contribution in [0.15, 0.2) is 60.8 Å². The van der Waals surface area contributed by atoms with Gasteiger partial charge in [0, 0.05) is 50.5 Å². The van der Waals surface area contributed by atoms with Crippen LogP contribution in [0.25, 0.3) is 16.8 Å². The van der Waals surface area contributed by atoms with E-state index in [1.807, 2.05) is 28.7 Å². The van der Waals surface area contributed by atoms with Crippen LogP contribution in [0.4, 0.5) is 10.6 Å². The smallest absolute Gasteiger partial charge is 0.320 e. The summed E-state index contributed by atoms with van der Waals surface area (Å²) in [5, 5.41) is 6.66. The van der Waals surface area contributed by atoms with Crippen LogP contribution >= 0.6 is 11.6 Å². The predicted molar refractivity (Wildman–Crippen MR) is 159 cm³/mol. The summed E-state index contributed by atoms with van der Waals surface area (Å²) in [5.74, 6) is 0.703. The number of aromatic nitrogens is 2. The Bertz CT molecular complexity index is 1420. The molecule has 204 valence electrons. The lowest BCUT2D eigenvalue weighted by Gasteiger charge is -2.34. The molecule has 39 heavy (non-hydrogen) atoms. The molecule has 1 aliphatic rings. The zero-order valence-electron chi connectivity index (χ0n) is 23.0. The van der Waals surface area contributed by atoms with Crippen molar-refractivity contribution in [3.8, 4) is 11.1 Å². The number of piperazine rings is 1. The minimum absolute atomic E-state index is 0.270. The maximum Gasteiger partial charge on any atom is 0.320 e. The Labute approximate surface area is 235 Å². The third-order valence-corrected chi connectivity index (χ3v) is 7.77. The van der Waals surface area contributed by atoms with Crippen LogP contribution in [0, 0.1) is 6.92 Å². The number of amides is 2. The number of imidazole rings is 1. The maximum absolute atomic E-state index is 12.8. The summed E-state index contributed by atoms with van der Waals surface area (Å²) in [6, 6.07) is 18.2. The third-order valence-electron chi connectivity index (χ3n) is 7.51. The van der Waals surface area contributed by atoms with Crippen molar-refractivity contribution in [2.75, 3.05) is 38.0 Å². The summed E-state index contributed by atoms with van der Waals surface area (Å²) in [6.07, 6.45) is 2.78. The number of nitrogens with one attached hydrogen (secondary N) is 2. The molecule has 8 heteroatoms. The van der Waals surface area contributed by atoms with Gasteiger partial charge in [-0.2, -0.15) is 0 Å². The van der Waals surface area contributed by atoms with Crippen molar-refractivity contribution in [3.05, 3.63) is 88.2 Å². The van der Waals surface area contributed by atoms with E-state index in [2.05, 4.69) is 77.7 Å². The predicted octanol–water partition coefficient (Wildman–Crippen LogP) is 5.98. The fourth-order valence-electron chi connectivity index (χ4n) is 5.16. The normalized spacial score (nSPS) is 14.6. The van der Waals surface area contributed by atoms with Gasteiger partial charge in [-0.05, 0) is 65.9 Å². The van der Waals surface area contributed by atoms with Crippen molar-refractivity contribution in [1.29, 1.82) is 0 Å². The number of halogens is 1. The molecule has 2 N–H and O–H groups in total. The van der Waals surface area contributed by atoms with Gasteiger partial charge in [0.05, 0.1) is 5.69 Å².